The molecule has 7 heavy (non-hydrogen) atoms. The molecule has 0 aromatic carbocycles. The molecule has 2 nitrogen and oxygen atoms in total. The molecule has 0 aliphatic rings. The summed E-state index contributed by atoms with van der Waals surface area (Å²) in [5.41, 5.74) is 5.22. The lowest BCUT2D eigenvalue weighted by atomic mass is 11.0. The minimum Gasteiger partial charge on any atom is -0.375 e. The van der Waals surface area contributed by atoms with E-state index < -0.39 is 0 Å². The van der Waals surface area contributed by atoms with Gasteiger partial charge < -0.3 is 5.73 Å². The Morgan fingerprint density at radius 2 is 2.57 bits per heavy atom. The summed E-state index contributed by atoms with van der Waals surface area (Å²) in [6.07, 6.45) is 1.58. The quantitative estimate of drug-likeness (QED) is 0.576. The summed E-state index contributed by atoms with van der Waals surface area (Å²) in [6, 6.07) is 0. The number of hydrogen-bond donors (Lipinski definition) is 1. The van der Waals surface area contributed by atoms with Crippen LogP contribution in [0.5, 0.6) is 0 Å². The number of aromatic nitrogens is 1. The van der Waals surface area contributed by atoms with Gasteiger partial charge in [0, 0.05) is 0 Å². The van der Waals surface area contributed by atoms with Crippen LogP contribution in [0.2, 0.25) is 0 Å². The molecule has 0 amide bonds. The van der Waals surface area contributed by atoms with E-state index in [0.717, 1.165) is 4.21 Å². The van der Waals surface area contributed by atoms with Crippen LogP contribution in [0, 0.1) is 0 Å². The largest absolute Gasteiger partial charge is 0.375 e. The fourth-order valence-corrected chi connectivity index (χ4v) is 0.998. The first-order chi connectivity index (χ1) is 3.29. The summed E-state index contributed by atoms with van der Waals surface area (Å²) in [6.45, 7) is 0. The van der Waals surface area contributed by atoms with Crippen molar-refractivity contribution in [1.29, 1.82) is 0 Å². The summed E-state index contributed by atoms with van der Waals surface area (Å²) in [5, 5.41) is 0.546. The van der Waals surface area contributed by atoms with E-state index in [1.54, 1.807) is 6.20 Å². The van der Waals surface area contributed by atoms with Gasteiger partial charge in [-0.1, -0.05) is 24.0 Å². The lowest BCUT2D eigenvalue weighted by Gasteiger charge is -1.68. The van der Waals surface area contributed by atoms with Gasteiger partial charge in [0.05, 0.1) is 6.20 Å². The third-order valence-corrected chi connectivity index (χ3v) is 1.48. The minimum atomic E-state index is 0.546. The summed E-state index contributed by atoms with van der Waals surface area (Å²) in [7, 11) is 0. The molecule has 0 saturated carbocycles. The number of nitrogen functional groups attached to an aromatic ring is 1. The Morgan fingerprint density at radius 3 is 2.71 bits per heavy atom. The summed E-state index contributed by atoms with van der Waals surface area (Å²) in [5.74, 6) is 0. The third kappa shape index (κ3) is 1.01. The van der Waals surface area contributed by atoms with Crippen molar-refractivity contribution < 1.29 is 0 Å². The molecule has 1 aromatic rings. The second kappa shape index (κ2) is 1.63. The Bertz CT molecular complexity index is 143. The second-order valence-corrected chi connectivity index (χ2v) is 2.78. The average molecular weight is 131 g/mol. The molecule has 0 bridgehead atoms. The van der Waals surface area contributed by atoms with E-state index in [-0.39, 0.29) is 0 Å². The lowest BCUT2D eigenvalue weighted by Crippen LogP contribution is -1.77. The summed E-state index contributed by atoms with van der Waals surface area (Å²) >= 11 is 6.03. The van der Waals surface area contributed by atoms with Gasteiger partial charge in [-0.2, -0.15) is 0 Å². The molecule has 2 N–H and O–H groups in total. The van der Waals surface area contributed by atoms with E-state index in [4.69, 9.17) is 18.4 Å². The molecule has 0 spiro atoms. The van der Waals surface area contributed by atoms with E-state index in [1.165, 1.54) is 11.3 Å². The number of anilines is 1. The van der Waals surface area contributed by atoms with Crippen LogP contribution in [0.25, 0.3) is 0 Å². The summed E-state index contributed by atoms with van der Waals surface area (Å²) < 4.78 is 0.748. The molecule has 0 fully saturated rings. The molecule has 4 heteroatoms. The highest BCUT2D eigenvalue weighted by atomic mass is 32.2. The van der Waals surface area contributed by atoms with Crippen molar-refractivity contribution in [2.45, 2.75) is 4.21 Å². The average Bonchev–Trinajstić information content (AvgIpc) is 1.87. The maximum Gasteiger partial charge on any atom is 0.181 e. The Balaban J connectivity index is 3.04. The molecular weight excluding hydrogens is 128 g/mol. The van der Waals surface area contributed by atoms with Crippen LogP contribution >= 0.6 is 24.0 Å². The molecule has 0 saturated heterocycles. The van der Waals surface area contributed by atoms with Gasteiger partial charge in [0.2, 0.25) is 0 Å². The first-order valence-electron chi connectivity index (χ1n) is 1.67. The maximum atomic E-state index is 5.22. The van der Waals surface area contributed by atoms with Crippen molar-refractivity contribution in [2.24, 2.45) is 0 Å². The highest BCUT2D eigenvalue weighted by Gasteiger charge is 1.89. The maximum absolute atomic E-state index is 5.22. The van der Waals surface area contributed by atoms with E-state index in [2.05, 4.69) is 4.98 Å². The van der Waals surface area contributed by atoms with E-state index in [9.17, 15) is 0 Å². The normalized spacial score (nSPS) is 9.14. The predicted octanol–water partition coefficient (Wildman–Crippen LogP) is 1.28. The van der Waals surface area contributed by atoms with Gasteiger partial charge in [-0.3, -0.25) is 0 Å². The highest BCUT2D eigenvalue weighted by molar-refractivity contribution is 7.83. The molecule has 0 atom stereocenters. The van der Waals surface area contributed by atoms with Gasteiger partial charge in [0.15, 0.2) is 5.13 Å². The standard InChI is InChI=1S/C3H3N2S2/c4-3-5-1-2(6)7-3/h1H,(H2,4,5). The van der Waals surface area contributed by atoms with Crippen LogP contribution in [0.15, 0.2) is 10.4 Å². The van der Waals surface area contributed by atoms with Gasteiger partial charge in [0.25, 0.3) is 0 Å². The number of thiazole rings is 1. The van der Waals surface area contributed by atoms with E-state index in [1.807, 2.05) is 0 Å². The van der Waals surface area contributed by atoms with Crippen molar-refractivity contribution >= 4 is 29.1 Å². The Kier molecular flexibility index (Phi) is 1.12. The number of rotatable bonds is 0. The van der Waals surface area contributed by atoms with Crippen LogP contribution in [0.1, 0.15) is 0 Å². The number of nitrogens with two attached hydrogens (primary N) is 1. The monoisotopic (exact) mass is 131 g/mol. The zero-order valence-corrected chi connectivity index (χ0v) is 5.05. The van der Waals surface area contributed by atoms with Crippen LogP contribution in [-0.2, 0) is 0 Å². The van der Waals surface area contributed by atoms with Crippen molar-refractivity contribution in [2.75, 3.05) is 5.73 Å². The number of hydrogen-bond acceptors (Lipinski definition) is 3. The first-order valence-corrected chi connectivity index (χ1v) is 2.90. The second-order valence-electron chi connectivity index (χ2n) is 1.02. The molecule has 0 aliphatic carbocycles. The van der Waals surface area contributed by atoms with Gasteiger partial charge in [-0.05, 0) is 0 Å². The molecule has 1 rings (SSSR count). The topological polar surface area (TPSA) is 38.9 Å². The molecule has 1 aromatic heterocycles. The van der Waals surface area contributed by atoms with Gasteiger partial charge in [0.1, 0.15) is 4.21 Å². The van der Waals surface area contributed by atoms with Crippen LogP contribution in [0.3, 0.4) is 0 Å². The van der Waals surface area contributed by atoms with E-state index in [0.29, 0.717) is 5.13 Å². The number of nitrogens with zero attached hydrogens (tertiary/aromatic N) is 1. The van der Waals surface area contributed by atoms with Crippen molar-refractivity contribution in [3.63, 3.8) is 0 Å². The molecule has 0 aliphatic heterocycles. The molecule has 0 unspecified atom stereocenters. The molecule has 1 radical (unpaired) electrons. The zero-order valence-electron chi connectivity index (χ0n) is 3.42. The van der Waals surface area contributed by atoms with Crippen LogP contribution in [0.4, 0.5) is 5.13 Å². The Hall–Kier alpha value is -0.350. The molecule has 1 heterocycles. The predicted molar refractivity (Wildman–Crippen MR) is 32.4 cm³/mol. The molecule has 37 valence electrons. The minimum absolute atomic E-state index is 0.546. The Morgan fingerprint density at radius 1 is 1.86 bits per heavy atom. The first kappa shape index (κ1) is 4.80. The third-order valence-electron chi connectivity index (χ3n) is 0.502. The highest BCUT2D eigenvalue weighted by Crippen LogP contribution is 2.16. The van der Waals surface area contributed by atoms with Crippen molar-refractivity contribution in [3.05, 3.63) is 6.20 Å². The van der Waals surface area contributed by atoms with Crippen LogP contribution < -0.4 is 5.73 Å². The van der Waals surface area contributed by atoms with Gasteiger partial charge in [-0.15, -0.1) is 0 Å². The van der Waals surface area contributed by atoms with Crippen molar-refractivity contribution in [1.82, 2.24) is 4.98 Å². The zero-order chi connectivity index (χ0) is 5.28. The summed E-state index contributed by atoms with van der Waals surface area (Å²) in [4.78, 5) is 3.71. The Labute approximate surface area is 50.8 Å². The van der Waals surface area contributed by atoms with E-state index >= 15 is 0 Å². The fraction of sp³-hybridized carbons (Fsp3) is 0. The smallest absolute Gasteiger partial charge is 0.181 e. The lowest BCUT2D eigenvalue weighted by molar-refractivity contribution is 1.38. The van der Waals surface area contributed by atoms with Crippen LogP contribution in [-0.4, -0.2) is 4.98 Å². The molecular formula is C3H3N2S2. The SMILES string of the molecule is Nc1ncc([S])s1. The fourth-order valence-electron chi connectivity index (χ4n) is 0.272. The van der Waals surface area contributed by atoms with Gasteiger partial charge in [-0.25, -0.2) is 4.98 Å². The van der Waals surface area contributed by atoms with Crippen molar-refractivity contribution in [3.8, 4) is 0 Å². The van der Waals surface area contributed by atoms with Gasteiger partial charge >= 0.3 is 0 Å².